The summed E-state index contributed by atoms with van der Waals surface area (Å²) in [4.78, 5) is 21.8. The molecule has 0 spiro atoms. The maximum atomic E-state index is 11.0. The standard InChI is InChI=1S/C8H17NO.C8H16O2/c1-6(2)5-8(10)9-7(3)4;1-6(2)5-8(9)10-7(3)4/h6-7H,5H2,1-4H3,(H,9,10);6-7H,5H2,1-4H3. The molecule has 0 aliphatic rings. The summed E-state index contributed by atoms with van der Waals surface area (Å²) in [7, 11) is 0. The topological polar surface area (TPSA) is 55.4 Å². The molecule has 0 saturated heterocycles. The molecule has 0 saturated carbocycles. The van der Waals surface area contributed by atoms with Crippen molar-refractivity contribution in [1.82, 2.24) is 5.32 Å². The molecule has 0 radical (unpaired) electrons. The number of rotatable bonds is 6. The van der Waals surface area contributed by atoms with Crippen LogP contribution in [-0.2, 0) is 14.3 Å². The number of hydrogen-bond donors (Lipinski definition) is 1. The van der Waals surface area contributed by atoms with E-state index in [2.05, 4.69) is 5.32 Å². The predicted molar refractivity (Wildman–Crippen MR) is 83.4 cm³/mol. The molecule has 0 atom stereocenters. The quantitative estimate of drug-likeness (QED) is 0.760. The lowest BCUT2D eigenvalue weighted by Gasteiger charge is -2.09. The first kappa shape index (κ1) is 21.2. The summed E-state index contributed by atoms with van der Waals surface area (Å²) in [6, 6.07) is 0.270. The van der Waals surface area contributed by atoms with Crippen molar-refractivity contribution in [2.45, 2.75) is 80.4 Å². The smallest absolute Gasteiger partial charge is 0.306 e. The Kier molecular flexibility index (Phi) is 12.5. The molecular weight excluding hydrogens is 254 g/mol. The van der Waals surface area contributed by atoms with Crippen LogP contribution in [0.25, 0.3) is 0 Å². The third kappa shape index (κ3) is 19.3. The van der Waals surface area contributed by atoms with Crippen LogP contribution in [0.4, 0.5) is 0 Å². The SMILES string of the molecule is CC(C)CC(=O)NC(C)C.CC(C)CC(=O)OC(C)C. The van der Waals surface area contributed by atoms with E-state index >= 15 is 0 Å². The van der Waals surface area contributed by atoms with Crippen LogP contribution < -0.4 is 5.32 Å². The van der Waals surface area contributed by atoms with Crippen molar-refractivity contribution in [3.8, 4) is 0 Å². The van der Waals surface area contributed by atoms with Crippen molar-refractivity contribution in [3.63, 3.8) is 0 Å². The molecule has 0 aliphatic heterocycles. The molecule has 0 aromatic heterocycles. The highest BCUT2D eigenvalue weighted by Gasteiger charge is 2.07. The second-order valence-corrected chi connectivity index (χ2v) is 6.46. The molecular formula is C16H33NO3. The first-order valence-corrected chi connectivity index (χ1v) is 7.53. The summed E-state index contributed by atoms with van der Waals surface area (Å²) >= 11 is 0. The normalized spacial score (nSPS) is 10.6. The Labute approximate surface area is 124 Å². The molecule has 4 nitrogen and oxygen atoms in total. The Morgan fingerprint density at radius 1 is 0.850 bits per heavy atom. The van der Waals surface area contributed by atoms with Crippen molar-refractivity contribution in [2.24, 2.45) is 11.8 Å². The van der Waals surface area contributed by atoms with Gasteiger partial charge >= 0.3 is 5.97 Å². The van der Waals surface area contributed by atoms with Gasteiger partial charge in [0.05, 0.1) is 6.10 Å². The number of hydrogen-bond acceptors (Lipinski definition) is 3. The largest absolute Gasteiger partial charge is 0.463 e. The lowest BCUT2D eigenvalue weighted by molar-refractivity contribution is -0.148. The van der Waals surface area contributed by atoms with Crippen molar-refractivity contribution < 1.29 is 14.3 Å². The molecule has 0 aromatic carbocycles. The van der Waals surface area contributed by atoms with Gasteiger partial charge in [0.2, 0.25) is 5.91 Å². The Morgan fingerprint density at radius 2 is 1.30 bits per heavy atom. The van der Waals surface area contributed by atoms with Gasteiger partial charge in [-0.1, -0.05) is 27.7 Å². The summed E-state index contributed by atoms with van der Waals surface area (Å²) in [5, 5.41) is 2.84. The predicted octanol–water partition coefficient (Wildman–Crippen LogP) is 3.54. The van der Waals surface area contributed by atoms with Gasteiger partial charge in [0.15, 0.2) is 0 Å². The van der Waals surface area contributed by atoms with Gasteiger partial charge in [-0.15, -0.1) is 0 Å². The second kappa shape index (κ2) is 11.7. The van der Waals surface area contributed by atoms with E-state index < -0.39 is 0 Å². The number of carbonyl (C=O) groups is 2. The Balaban J connectivity index is 0. The van der Waals surface area contributed by atoms with Crippen molar-refractivity contribution in [2.75, 3.05) is 0 Å². The maximum Gasteiger partial charge on any atom is 0.306 e. The number of esters is 1. The van der Waals surface area contributed by atoms with E-state index in [1.54, 1.807) is 0 Å². The number of ether oxygens (including phenoxy) is 1. The fraction of sp³-hybridized carbons (Fsp3) is 0.875. The lowest BCUT2D eigenvalue weighted by Crippen LogP contribution is -2.30. The lowest BCUT2D eigenvalue weighted by atomic mass is 10.1. The van der Waals surface area contributed by atoms with Gasteiger partial charge in [-0.25, -0.2) is 0 Å². The molecule has 4 heteroatoms. The van der Waals surface area contributed by atoms with Crippen LogP contribution in [0.3, 0.4) is 0 Å². The van der Waals surface area contributed by atoms with Crippen molar-refractivity contribution in [3.05, 3.63) is 0 Å². The molecule has 0 rings (SSSR count). The average molecular weight is 287 g/mol. The van der Waals surface area contributed by atoms with E-state index in [1.807, 2.05) is 55.4 Å². The van der Waals surface area contributed by atoms with Crippen LogP contribution in [0, 0.1) is 11.8 Å². The second-order valence-electron chi connectivity index (χ2n) is 6.46. The molecule has 1 amide bonds. The number of amides is 1. The minimum absolute atomic E-state index is 0.0197. The molecule has 0 heterocycles. The van der Waals surface area contributed by atoms with Crippen molar-refractivity contribution in [1.29, 1.82) is 0 Å². The molecule has 0 unspecified atom stereocenters. The summed E-state index contributed by atoms with van der Waals surface area (Å²) < 4.78 is 4.92. The molecule has 120 valence electrons. The van der Waals surface area contributed by atoms with Crippen LogP contribution in [-0.4, -0.2) is 24.0 Å². The van der Waals surface area contributed by atoms with Gasteiger partial charge < -0.3 is 10.1 Å². The molecule has 0 bridgehead atoms. The maximum absolute atomic E-state index is 11.0. The zero-order chi connectivity index (χ0) is 16.3. The number of carbonyl (C=O) groups excluding carboxylic acids is 2. The summed E-state index contributed by atoms with van der Waals surface area (Å²) in [6.07, 6.45) is 1.18. The average Bonchev–Trinajstić information content (AvgIpc) is 2.11. The monoisotopic (exact) mass is 287 g/mol. The summed E-state index contributed by atoms with van der Waals surface area (Å²) in [5.74, 6) is 0.917. The minimum Gasteiger partial charge on any atom is -0.463 e. The first-order chi connectivity index (χ1) is 9.04. The van der Waals surface area contributed by atoms with Crippen LogP contribution in [0.1, 0.15) is 68.2 Å². The van der Waals surface area contributed by atoms with E-state index in [0.29, 0.717) is 24.7 Å². The van der Waals surface area contributed by atoms with Gasteiger partial charge in [-0.05, 0) is 39.5 Å². The van der Waals surface area contributed by atoms with Gasteiger partial charge in [-0.3, -0.25) is 9.59 Å². The minimum atomic E-state index is -0.0926. The zero-order valence-corrected chi connectivity index (χ0v) is 14.4. The van der Waals surface area contributed by atoms with Crippen molar-refractivity contribution >= 4 is 11.9 Å². The van der Waals surface area contributed by atoms with E-state index in [9.17, 15) is 9.59 Å². The third-order valence-corrected chi connectivity index (χ3v) is 1.99. The van der Waals surface area contributed by atoms with Gasteiger partial charge in [0.25, 0.3) is 0 Å². The summed E-state index contributed by atoms with van der Waals surface area (Å²) in [5.41, 5.74) is 0. The van der Waals surface area contributed by atoms with Gasteiger partial charge in [0, 0.05) is 18.9 Å². The highest BCUT2D eigenvalue weighted by atomic mass is 16.5. The highest BCUT2D eigenvalue weighted by molar-refractivity contribution is 5.76. The van der Waals surface area contributed by atoms with Gasteiger partial charge in [0.1, 0.15) is 0 Å². The van der Waals surface area contributed by atoms with E-state index in [4.69, 9.17) is 4.74 Å². The third-order valence-electron chi connectivity index (χ3n) is 1.99. The van der Waals surface area contributed by atoms with Crippen LogP contribution in [0.15, 0.2) is 0 Å². The number of nitrogens with one attached hydrogen (secondary N) is 1. The summed E-state index contributed by atoms with van der Waals surface area (Å²) in [6.45, 7) is 15.7. The highest BCUT2D eigenvalue weighted by Crippen LogP contribution is 2.02. The molecule has 0 aliphatic carbocycles. The fourth-order valence-electron chi connectivity index (χ4n) is 1.40. The zero-order valence-electron chi connectivity index (χ0n) is 14.4. The Morgan fingerprint density at radius 3 is 1.60 bits per heavy atom. The first-order valence-electron chi connectivity index (χ1n) is 7.53. The molecule has 0 fully saturated rings. The van der Waals surface area contributed by atoms with Crippen LogP contribution in [0.2, 0.25) is 0 Å². The Hall–Kier alpha value is -1.06. The van der Waals surface area contributed by atoms with E-state index in [-0.39, 0.29) is 24.0 Å². The van der Waals surface area contributed by atoms with E-state index in [0.717, 1.165) is 0 Å². The molecule has 1 N–H and O–H groups in total. The molecule has 0 aromatic rings. The fourth-order valence-corrected chi connectivity index (χ4v) is 1.40. The van der Waals surface area contributed by atoms with Crippen LogP contribution in [0.5, 0.6) is 0 Å². The van der Waals surface area contributed by atoms with E-state index in [1.165, 1.54) is 0 Å². The molecule has 20 heavy (non-hydrogen) atoms. The van der Waals surface area contributed by atoms with Gasteiger partial charge in [-0.2, -0.15) is 0 Å². The van der Waals surface area contributed by atoms with Crippen LogP contribution >= 0.6 is 0 Å². The Bertz CT molecular complexity index is 219.